The quantitative estimate of drug-likeness (QED) is 0.631. The number of carbonyl (C=O) groups is 2. The van der Waals surface area contributed by atoms with Gasteiger partial charge in [-0.15, -0.1) is 5.10 Å². The van der Waals surface area contributed by atoms with Crippen LogP contribution in [-0.4, -0.2) is 26.8 Å². The van der Waals surface area contributed by atoms with Gasteiger partial charge in [0.05, 0.1) is 0 Å². The topological polar surface area (TPSA) is 115 Å². The van der Waals surface area contributed by atoms with Gasteiger partial charge in [-0.25, -0.2) is 4.68 Å². The fourth-order valence-corrected chi connectivity index (χ4v) is 2.69. The Morgan fingerprint density at radius 3 is 2.46 bits per heavy atom. The molecule has 3 rings (SSSR count). The highest BCUT2D eigenvalue weighted by Gasteiger charge is 2.19. The summed E-state index contributed by atoms with van der Waals surface area (Å²) in [4.78, 5) is 24.8. The lowest BCUT2D eigenvalue weighted by Crippen LogP contribution is -2.21. The summed E-state index contributed by atoms with van der Waals surface area (Å²) in [7, 11) is 0. The van der Waals surface area contributed by atoms with Crippen LogP contribution in [0.4, 0.5) is 17.2 Å². The summed E-state index contributed by atoms with van der Waals surface area (Å²) in [5, 5.41) is 13.3. The van der Waals surface area contributed by atoms with E-state index in [-0.39, 0.29) is 24.0 Å². The highest BCUT2D eigenvalue weighted by atomic mass is 16.2. The maximum atomic E-state index is 12.5. The summed E-state index contributed by atoms with van der Waals surface area (Å²) in [6.45, 7) is 5.58. The van der Waals surface area contributed by atoms with Gasteiger partial charge in [-0.05, 0) is 49.6 Å². The van der Waals surface area contributed by atoms with E-state index < -0.39 is 5.91 Å². The molecule has 3 aromatic rings. The minimum Gasteiger partial charge on any atom is -0.382 e. The molecule has 0 aliphatic rings. The van der Waals surface area contributed by atoms with E-state index >= 15 is 0 Å². The molecule has 0 aliphatic carbocycles. The van der Waals surface area contributed by atoms with E-state index in [0.717, 1.165) is 16.7 Å². The van der Waals surface area contributed by atoms with Gasteiger partial charge in [0.25, 0.3) is 5.91 Å². The summed E-state index contributed by atoms with van der Waals surface area (Å²) < 4.78 is 1.20. The fourth-order valence-electron chi connectivity index (χ4n) is 2.69. The number of hydrogen-bond donors (Lipinski definition) is 3. The molecule has 1 heterocycles. The van der Waals surface area contributed by atoms with Gasteiger partial charge in [0.1, 0.15) is 6.54 Å². The van der Waals surface area contributed by atoms with Crippen LogP contribution in [0, 0.1) is 20.8 Å². The van der Waals surface area contributed by atoms with Gasteiger partial charge in [-0.1, -0.05) is 35.5 Å². The van der Waals surface area contributed by atoms with Gasteiger partial charge >= 0.3 is 0 Å². The third kappa shape index (κ3) is 4.17. The second kappa shape index (κ2) is 7.91. The van der Waals surface area contributed by atoms with Crippen LogP contribution in [0.1, 0.15) is 27.2 Å². The van der Waals surface area contributed by atoms with Gasteiger partial charge < -0.3 is 16.4 Å². The molecule has 0 atom stereocenters. The predicted octanol–water partition coefficient (Wildman–Crippen LogP) is 2.68. The summed E-state index contributed by atoms with van der Waals surface area (Å²) in [6, 6.07) is 13.2. The lowest BCUT2D eigenvalue weighted by atomic mass is 10.1. The number of rotatable bonds is 5. The molecular weight excluding hydrogens is 356 g/mol. The maximum Gasteiger partial charge on any atom is 0.280 e. The number of nitrogen functional groups attached to an aromatic ring is 1. The second-order valence-corrected chi connectivity index (χ2v) is 6.62. The van der Waals surface area contributed by atoms with E-state index in [1.807, 2.05) is 57.2 Å². The number of nitrogens with one attached hydrogen (secondary N) is 2. The number of benzene rings is 2. The first kappa shape index (κ1) is 19.1. The Hall–Kier alpha value is -3.68. The molecule has 0 spiro atoms. The summed E-state index contributed by atoms with van der Waals surface area (Å²) in [5.74, 6) is -0.758. The Kier molecular flexibility index (Phi) is 5.39. The van der Waals surface area contributed by atoms with Crippen LogP contribution >= 0.6 is 0 Å². The molecule has 144 valence electrons. The summed E-state index contributed by atoms with van der Waals surface area (Å²) in [5.41, 5.74) is 10.2. The molecule has 4 N–H and O–H groups in total. The third-order valence-electron chi connectivity index (χ3n) is 4.34. The molecule has 2 amide bonds. The molecule has 28 heavy (non-hydrogen) atoms. The van der Waals surface area contributed by atoms with E-state index in [1.54, 1.807) is 6.07 Å². The van der Waals surface area contributed by atoms with E-state index in [2.05, 4.69) is 20.9 Å². The number of para-hydroxylation sites is 1. The zero-order valence-electron chi connectivity index (χ0n) is 16.0. The van der Waals surface area contributed by atoms with Crippen LogP contribution in [0.3, 0.4) is 0 Å². The van der Waals surface area contributed by atoms with Gasteiger partial charge in [0.2, 0.25) is 5.91 Å². The van der Waals surface area contributed by atoms with Crippen molar-refractivity contribution in [3.05, 3.63) is 64.8 Å². The number of aryl methyl sites for hydroxylation is 3. The molecule has 0 unspecified atom stereocenters. The highest BCUT2D eigenvalue weighted by Crippen LogP contribution is 2.19. The lowest BCUT2D eigenvalue weighted by molar-refractivity contribution is -0.116. The van der Waals surface area contributed by atoms with Crippen molar-refractivity contribution in [3.8, 4) is 0 Å². The Morgan fingerprint density at radius 2 is 1.71 bits per heavy atom. The van der Waals surface area contributed by atoms with E-state index in [1.165, 1.54) is 4.68 Å². The number of carbonyl (C=O) groups excluding carboxylic acids is 2. The van der Waals surface area contributed by atoms with Crippen molar-refractivity contribution >= 4 is 29.0 Å². The molecule has 1 aromatic heterocycles. The minimum atomic E-state index is -0.475. The first-order valence-electron chi connectivity index (χ1n) is 8.78. The molecule has 8 heteroatoms. The number of hydrogen-bond acceptors (Lipinski definition) is 5. The molecule has 0 bridgehead atoms. The monoisotopic (exact) mass is 378 g/mol. The van der Waals surface area contributed by atoms with Crippen molar-refractivity contribution in [3.63, 3.8) is 0 Å². The standard InChI is InChI=1S/C20H22N6O2/c1-12-8-9-14(3)16(10-12)23-20(28)18-19(21)26(25-24-18)11-17(27)22-15-7-5-4-6-13(15)2/h4-10H,11,21H2,1-3H3,(H,22,27)(H,23,28). The molecule has 8 nitrogen and oxygen atoms in total. The van der Waals surface area contributed by atoms with Gasteiger partial charge in [-0.2, -0.15) is 0 Å². The molecular formula is C20H22N6O2. The van der Waals surface area contributed by atoms with Crippen LogP contribution in [0.25, 0.3) is 0 Å². The third-order valence-corrected chi connectivity index (χ3v) is 4.34. The van der Waals surface area contributed by atoms with Gasteiger partial charge in [0.15, 0.2) is 11.5 Å². The van der Waals surface area contributed by atoms with Crippen LogP contribution in [-0.2, 0) is 11.3 Å². The van der Waals surface area contributed by atoms with Crippen molar-refractivity contribution in [2.45, 2.75) is 27.3 Å². The Bertz CT molecular complexity index is 1040. The first-order valence-corrected chi connectivity index (χ1v) is 8.78. The molecule has 0 fully saturated rings. The predicted molar refractivity (Wildman–Crippen MR) is 108 cm³/mol. The van der Waals surface area contributed by atoms with Crippen molar-refractivity contribution in [2.24, 2.45) is 0 Å². The number of anilines is 3. The van der Waals surface area contributed by atoms with Crippen LogP contribution < -0.4 is 16.4 Å². The second-order valence-electron chi connectivity index (χ2n) is 6.62. The summed E-state index contributed by atoms with van der Waals surface area (Å²) in [6.07, 6.45) is 0. The first-order chi connectivity index (χ1) is 13.3. The molecule has 0 radical (unpaired) electrons. The molecule has 0 saturated heterocycles. The zero-order chi connectivity index (χ0) is 20.3. The van der Waals surface area contributed by atoms with E-state index in [9.17, 15) is 9.59 Å². The van der Waals surface area contributed by atoms with Gasteiger partial charge in [-0.3, -0.25) is 9.59 Å². The Morgan fingerprint density at radius 1 is 1.00 bits per heavy atom. The van der Waals surface area contributed by atoms with Gasteiger partial charge in [0, 0.05) is 11.4 Å². The fraction of sp³-hybridized carbons (Fsp3) is 0.200. The largest absolute Gasteiger partial charge is 0.382 e. The molecule has 0 aliphatic heterocycles. The van der Waals surface area contributed by atoms with E-state index in [0.29, 0.717) is 11.4 Å². The molecule has 2 aromatic carbocycles. The SMILES string of the molecule is Cc1ccc(C)c(NC(=O)c2nnn(CC(=O)Nc3ccccc3C)c2N)c1. The smallest absolute Gasteiger partial charge is 0.280 e. The average Bonchev–Trinajstić information content (AvgIpc) is 3.00. The van der Waals surface area contributed by atoms with Crippen LogP contribution in [0.5, 0.6) is 0 Å². The zero-order valence-corrected chi connectivity index (χ0v) is 16.0. The van der Waals surface area contributed by atoms with Crippen LogP contribution in [0.15, 0.2) is 42.5 Å². The number of nitrogens with zero attached hydrogens (tertiary/aromatic N) is 3. The van der Waals surface area contributed by atoms with Crippen molar-refractivity contribution in [2.75, 3.05) is 16.4 Å². The van der Waals surface area contributed by atoms with Crippen molar-refractivity contribution < 1.29 is 9.59 Å². The Labute approximate surface area is 162 Å². The minimum absolute atomic E-state index is 0.0235. The van der Waals surface area contributed by atoms with Crippen molar-refractivity contribution in [1.29, 1.82) is 0 Å². The molecule has 0 saturated carbocycles. The Balaban J connectivity index is 1.71. The number of nitrogens with two attached hydrogens (primary N) is 1. The van der Waals surface area contributed by atoms with Crippen LogP contribution in [0.2, 0.25) is 0 Å². The average molecular weight is 378 g/mol. The van der Waals surface area contributed by atoms with Crippen molar-refractivity contribution in [1.82, 2.24) is 15.0 Å². The normalized spacial score (nSPS) is 10.5. The maximum absolute atomic E-state index is 12.5. The lowest BCUT2D eigenvalue weighted by Gasteiger charge is -2.09. The number of amides is 2. The van der Waals surface area contributed by atoms with E-state index in [4.69, 9.17) is 5.73 Å². The number of aromatic nitrogens is 3. The highest BCUT2D eigenvalue weighted by molar-refractivity contribution is 6.06. The summed E-state index contributed by atoms with van der Waals surface area (Å²) >= 11 is 0.